The van der Waals surface area contributed by atoms with Crippen LogP contribution in [0.4, 0.5) is 0 Å². The zero-order valence-electron chi connectivity index (χ0n) is 12.6. The van der Waals surface area contributed by atoms with Crippen LogP contribution in [0.25, 0.3) is 0 Å². The monoisotopic (exact) mass is 276 g/mol. The molecule has 0 saturated heterocycles. The van der Waals surface area contributed by atoms with Crippen LogP contribution in [0.15, 0.2) is 18.2 Å². The van der Waals surface area contributed by atoms with Crippen molar-refractivity contribution in [2.75, 3.05) is 7.11 Å². The molecule has 0 aliphatic heterocycles. The Bertz CT molecular complexity index is 461. The molecule has 1 atom stereocenters. The van der Waals surface area contributed by atoms with E-state index in [1.54, 1.807) is 6.07 Å². The van der Waals surface area contributed by atoms with E-state index in [0.29, 0.717) is 17.2 Å². The van der Waals surface area contributed by atoms with E-state index in [-0.39, 0.29) is 12.1 Å². The first-order valence-corrected chi connectivity index (χ1v) is 7.48. The van der Waals surface area contributed by atoms with E-state index in [1.807, 2.05) is 19.1 Å². The quantitative estimate of drug-likeness (QED) is 0.776. The van der Waals surface area contributed by atoms with Crippen molar-refractivity contribution in [2.45, 2.75) is 52.1 Å². The molecule has 0 spiro atoms. The first-order valence-electron chi connectivity index (χ1n) is 7.48. The summed E-state index contributed by atoms with van der Waals surface area (Å²) in [5.41, 5.74) is 1.51. The van der Waals surface area contributed by atoms with Crippen LogP contribution < -0.4 is 4.74 Å². The number of rotatable bonds is 4. The molecule has 1 aromatic carbocycles. The van der Waals surface area contributed by atoms with E-state index in [4.69, 9.17) is 9.47 Å². The highest BCUT2D eigenvalue weighted by Gasteiger charge is 2.24. The van der Waals surface area contributed by atoms with E-state index in [9.17, 15) is 4.79 Å². The second-order valence-corrected chi connectivity index (χ2v) is 5.66. The van der Waals surface area contributed by atoms with Crippen molar-refractivity contribution in [3.05, 3.63) is 29.3 Å². The summed E-state index contributed by atoms with van der Waals surface area (Å²) in [5.74, 6) is 0.936. The first kappa shape index (κ1) is 14.9. The Balaban J connectivity index is 2.17. The average molecular weight is 276 g/mol. The molecule has 0 bridgehead atoms. The van der Waals surface area contributed by atoms with Crippen molar-refractivity contribution in [2.24, 2.45) is 5.92 Å². The zero-order valence-corrected chi connectivity index (χ0v) is 12.6. The molecule has 3 heteroatoms. The maximum Gasteiger partial charge on any atom is 0.341 e. The molecule has 1 aliphatic carbocycles. The maximum absolute atomic E-state index is 11.8. The molecular weight excluding hydrogens is 252 g/mol. The first-order chi connectivity index (χ1) is 9.63. The average Bonchev–Trinajstić information content (AvgIpc) is 2.49. The lowest BCUT2D eigenvalue weighted by Crippen LogP contribution is -2.26. The second-order valence-electron chi connectivity index (χ2n) is 5.66. The van der Waals surface area contributed by atoms with Gasteiger partial charge >= 0.3 is 5.97 Å². The van der Waals surface area contributed by atoms with Crippen LogP contribution in [0.5, 0.6) is 5.75 Å². The van der Waals surface area contributed by atoms with Crippen LogP contribution in [0, 0.1) is 12.8 Å². The van der Waals surface area contributed by atoms with Crippen LogP contribution in [0.1, 0.15) is 54.9 Å². The van der Waals surface area contributed by atoms with Gasteiger partial charge in [0, 0.05) is 0 Å². The summed E-state index contributed by atoms with van der Waals surface area (Å²) in [4.78, 5) is 11.8. The van der Waals surface area contributed by atoms with Gasteiger partial charge < -0.3 is 9.47 Å². The number of carbonyl (C=O) groups is 1. The maximum atomic E-state index is 11.8. The molecule has 0 heterocycles. The Kier molecular flexibility index (Phi) is 5.05. The van der Waals surface area contributed by atoms with Crippen molar-refractivity contribution >= 4 is 5.97 Å². The highest BCUT2D eigenvalue weighted by Crippen LogP contribution is 2.31. The molecule has 0 N–H and O–H groups in total. The number of esters is 1. The number of aryl methyl sites for hydroxylation is 1. The summed E-state index contributed by atoms with van der Waals surface area (Å²) >= 11 is 0. The predicted octanol–water partition coefficient (Wildman–Crippen LogP) is 4.13. The smallest absolute Gasteiger partial charge is 0.341 e. The predicted molar refractivity (Wildman–Crippen MR) is 79.2 cm³/mol. The standard InChI is InChI=1S/C17H24O3/c1-12-8-7-11-15(17(18)19-3)16(12)20-13(2)14-9-5-4-6-10-14/h7-8,11,13-14H,4-6,9-10H2,1-3H3. The molecule has 1 unspecified atom stereocenters. The molecule has 1 aromatic rings. The third-order valence-electron chi connectivity index (χ3n) is 4.23. The topological polar surface area (TPSA) is 35.5 Å². The van der Waals surface area contributed by atoms with Gasteiger partial charge in [0.25, 0.3) is 0 Å². The SMILES string of the molecule is COC(=O)c1cccc(C)c1OC(C)C1CCCCC1. The van der Waals surface area contributed by atoms with Gasteiger partial charge in [0.2, 0.25) is 0 Å². The lowest BCUT2D eigenvalue weighted by atomic mass is 9.86. The van der Waals surface area contributed by atoms with Gasteiger partial charge in [0.05, 0.1) is 13.2 Å². The Morgan fingerprint density at radius 3 is 2.60 bits per heavy atom. The van der Waals surface area contributed by atoms with Crippen LogP contribution in [0.3, 0.4) is 0 Å². The molecule has 1 aliphatic rings. The molecule has 0 aromatic heterocycles. The highest BCUT2D eigenvalue weighted by atomic mass is 16.5. The molecular formula is C17H24O3. The van der Waals surface area contributed by atoms with E-state index in [1.165, 1.54) is 39.2 Å². The van der Waals surface area contributed by atoms with Crippen molar-refractivity contribution in [1.29, 1.82) is 0 Å². The summed E-state index contributed by atoms with van der Waals surface area (Å²) in [6.45, 7) is 4.08. The third-order valence-corrected chi connectivity index (χ3v) is 4.23. The summed E-state index contributed by atoms with van der Waals surface area (Å²) in [5, 5.41) is 0. The number of hydrogen-bond acceptors (Lipinski definition) is 3. The second kappa shape index (κ2) is 6.78. The number of benzene rings is 1. The Labute approximate surface area is 121 Å². The van der Waals surface area contributed by atoms with E-state index in [2.05, 4.69) is 6.92 Å². The number of para-hydroxylation sites is 1. The fraction of sp³-hybridized carbons (Fsp3) is 0.588. The largest absolute Gasteiger partial charge is 0.489 e. The fourth-order valence-electron chi connectivity index (χ4n) is 2.97. The lowest BCUT2D eigenvalue weighted by Gasteiger charge is -2.29. The van der Waals surface area contributed by atoms with Crippen LogP contribution in [0.2, 0.25) is 0 Å². The van der Waals surface area contributed by atoms with Crippen molar-refractivity contribution in [1.82, 2.24) is 0 Å². The van der Waals surface area contributed by atoms with Crippen LogP contribution in [-0.4, -0.2) is 19.2 Å². The number of methoxy groups -OCH3 is 1. The zero-order chi connectivity index (χ0) is 14.5. The molecule has 110 valence electrons. The van der Waals surface area contributed by atoms with Gasteiger partial charge in [-0.3, -0.25) is 0 Å². The third kappa shape index (κ3) is 3.33. The summed E-state index contributed by atoms with van der Waals surface area (Å²) in [7, 11) is 1.40. The summed E-state index contributed by atoms with van der Waals surface area (Å²) < 4.78 is 11.0. The normalized spacial score (nSPS) is 17.6. The lowest BCUT2D eigenvalue weighted by molar-refractivity contribution is 0.0587. The van der Waals surface area contributed by atoms with E-state index >= 15 is 0 Å². The van der Waals surface area contributed by atoms with Gasteiger partial charge in [0.15, 0.2) is 0 Å². The summed E-state index contributed by atoms with van der Waals surface area (Å²) in [6, 6.07) is 5.59. The minimum Gasteiger partial charge on any atom is -0.489 e. The molecule has 2 rings (SSSR count). The minimum absolute atomic E-state index is 0.139. The Hall–Kier alpha value is -1.51. The molecule has 1 fully saturated rings. The van der Waals surface area contributed by atoms with Gasteiger partial charge in [-0.2, -0.15) is 0 Å². The molecule has 3 nitrogen and oxygen atoms in total. The van der Waals surface area contributed by atoms with Crippen molar-refractivity contribution < 1.29 is 14.3 Å². The van der Waals surface area contributed by atoms with Gasteiger partial charge in [-0.25, -0.2) is 4.79 Å². The van der Waals surface area contributed by atoms with Crippen molar-refractivity contribution in [3.8, 4) is 5.75 Å². The van der Waals surface area contributed by atoms with Gasteiger partial charge in [-0.05, 0) is 44.2 Å². The number of carbonyl (C=O) groups excluding carboxylic acids is 1. The van der Waals surface area contributed by atoms with E-state index < -0.39 is 0 Å². The van der Waals surface area contributed by atoms with Gasteiger partial charge in [-0.1, -0.05) is 31.4 Å². The highest BCUT2D eigenvalue weighted by molar-refractivity contribution is 5.92. The number of ether oxygens (including phenoxy) is 2. The molecule has 0 amide bonds. The number of hydrogen-bond donors (Lipinski definition) is 0. The van der Waals surface area contributed by atoms with Gasteiger partial charge in [-0.15, -0.1) is 0 Å². The van der Waals surface area contributed by atoms with Crippen molar-refractivity contribution in [3.63, 3.8) is 0 Å². The Morgan fingerprint density at radius 1 is 1.25 bits per heavy atom. The molecule has 1 saturated carbocycles. The van der Waals surface area contributed by atoms with Gasteiger partial charge in [0.1, 0.15) is 11.3 Å². The van der Waals surface area contributed by atoms with E-state index in [0.717, 1.165) is 5.56 Å². The van der Waals surface area contributed by atoms with Crippen LogP contribution in [-0.2, 0) is 4.74 Å². The molecule has 0 radical (unpaired) electrons. The minimum atomic E-state index is -0.334. The fourth-order valence-corrected chi connectivity index (χ4v) is 2.97. The van der Waals surface area contributed by atoms with Crippen LogP contribution >= 0.6 is 0 Å². The molecule has 20 heavy (non-hydrogen) atoms. The summed E-state index contributed by atoms with van der Waals surface area (Å²) in [6.07, 6.45) is 6.49. The Morgan fingerprint density at radius 2 is 1.95 bits per heavy atom.